The minimum absolute atomic E-state index is 0.362. The first-order valence-corrected chi connectivity index (χ1v) is 14.4. The van der Waals surface area contributed by atoms with E-state index in [2.05, 4.69) is 29.6 Å². The van der Waals surface area contributed by atoms with Gasteiger partial charge < -0.3 is 14.2 Å². The zero-order chi connectivity index (χ0) is 29.0. The predicted octanol–water partition coefficient (Wildman–Crippen LogP) is 8.44. The van der Waals surface area contributed by atoms with Crippen molar-refractivity contribution < 1.29 is 8.83 Å². The molecule has 8 aromatic rings. The van der Waals surface area contributed by atoms with Gasteiger partial charge in [0.2, 0.25) is 5.71 Å². The molecule has 3 aromatic heterocycles. The number of fused-ring (bicyclic) bond motifs is 6. The van der Waals surface area contributed by atoms with E-state index < -0.39 is 0 Å². The van der Waals surface area contributed by atoms with Gasteiger partial charge in [-0.3, -0.25) is 0 Å². The van der Waals surface area contributed by atoms with Crippen LogP contribution in [0.5, 0.6) is 0 Å². The Morgan fingerprint density at radius 1 is 0.568 bits per heavy atom. The molecular weight excluding hydrogens is 546 g/mol. The maximum atomic E-state index is 6.32. The van der Waals surface area contributed by atoms with Gasteiger partial charge >= 0.3 is 0 Å². The highest BCUT2D eigenvalue weighted by molar-refractivity contribution is 6.20. The van der Waals surface area contributed by atoms with Crippen LogP contribution in [0, 0.1) is 0 Å². The van der Waals surface area contributed by atoms with E-state index >= 15 is 0 Å². The summed E-state index contributed by atoms with van der Waals surface area (Å²) in [5, 5.41) is 7.26. The fourth-order valence-electron chi connectivity index (χ4n) is 5.88. The Balaban J connectivity index is 1.30. The predicted molar refractivity (Wildman–Crippen MR) is 174 cm³/mol. The van der Waals surface area contributed by atoms with Crippen molar-refractivity contribution in [1.82, 2.24) is 15.3 Å². The Labute approximate surface area is 251 Å². The molecule has 9 rings (SSSR count). The molecule has 1 atom stereocenters. The topological polar surface area (TPSA) is 88.8 Å². The van der Waals surface area contributed by atoms with Gasteiger partial charge in [-0.15, -0.1) is 0 Å². The number of benzene rings is 5. The molecule has 208 valence electrons. The zero-order valence-electron chi connectivity index (χ0n) is 23.3. The average Bonchev–Trinajstić information content (AvgIpc) is 3.66. The normalized spacial score (nSPS) is 15.0. The van der Waals surface area contributed by atoms with E-state index in [0.717, 1.165) is 60.8 Å². The SMILES string of the molecule is c1ccc(C2=NC(c3nc(-c4ccc5oc6ccccc6c5c4)nc4oc5ccccc5c34)=NC(c3ccccc3)N2)cc1. The summed E-state index contributed by atoms with van der Waals surface area (Å²) >= 11 is 0. The van der Waals surface area contributed by atoms with Gasteiger partial charge in [-0.2, -0.15) is 4.98 Å². The molecule has 0 spiro atoms. The standard InChI is InChI=1S/C37H23N5O2/c1-3-11-22(12-4-1)33-39-34(23-13-5-2-6-14-23)41-36(40-33)32-31-26-16-8-10-18-29(26)44-37(31)42-35(38-32)24-19-20-30-27(21-24)25-15-7-9-17-28(25)43-30/h1-21,33H,(H,39,40,41). The van der Waals surface area contributed by atoms with E-state index in [9.17, 15) is 0 Å². The molecule has 1 aliphatic rings. The van der Waals surface area contributed by atoms with Crippen molar-refractivity contribution in [3.05, 3.63) is 144 Å². The Morgan fingerprint density at radius 2 is 1.25 bits per heavy atom. The summed E-state index contributed by atoms with van der Waals surface area (Å²) in [5.74, 6) is 1.75. The smallest absolute Gasteiger partial charge is 0.231 e. The second-order valence-corrected chi connectivity index (χ2v) is 10.7. The van der Waals surface area contributed by atoms with Crippen LogP contribution in [0.1, 0.15) is 23.0 Å². The lowest BCUT2D eigenvalue weighted by Gasteiger charge is -2.23. The third kappa shape index (κ3) is 3.98. The van der Waals surface area contributed by atoms with Gasteiger partial charge in [-0.1, -0.05) is 97.1 Å². The molecule has 1 N–H and O–H groups in total. The van der Waals surface area contributed by atoms with E-state index in [1.54, 1.807) is 0 Å². The second kappa shape index (κ2) is 9.74. The number of furan rings is 2. The first-order valence-electron chi connectivity index (χ1n) is 14.4. The molecule has 5 aromatic carbocycles. The molecule has 0 fully saturated rings. The van der Waals surface area contributed by atoms with Gasteiger partial charge in [-0.25, -0.2) is 15.0 Å². The van der Waals surface area contributed by atoms with Crippen LogP contribution in [0.15, 0.2) is 146 Å². The van der Waals surface area contributed by atoms with Gasteiger partial charge in [0.05, 0.1) is 5.39 Å². The van der Waals surface area contributed by atoms with Crippen molar-refractivity contribution in [2.24, 2.45) is 9.98 Å². The highest BCUT2D eigenvalue weighted by atomic mass is 16.3. The molecule has 0 saturated heterocycles. The largest absolute Gasteiger partial charge is 0.456 e. The molecule has 7 nitrogen and oxygen atoms in total. The van der Waals surface area contributed by atoms with Crippen LogP contribution in [-0.4, -0.2) is 21.6 Å². The molecule has 1 aliphatic heterocycles. The molecule has 0 radical (unpaired) electrons. The number of aliphatic imine (C=N–C) groups is 2. The summed E-state index contributed by atoms with van der Waals surface area (Å²) in [5.41, 5.74) is 6.30. The monoisotopic (exact) mass is 569 g/mol. The van der Waals surface area contributed by atoms with Crippen molar-refractivity contribution in [3.8, 4) is 11.4 Å². The summed E-state index contributed by atoms with van der Waals surface area (Å²) in [6.07, 6.45) is -0.362. The Morgan fingerprint density at radius 3 is 2.07 bits per heavy atom. The van der Waals surface area contributed by atoms with Gasteiger partial charge in [0, 0.05) is 27.3 Å². The van der Waals surface area contributed by atoms with Crippen molar-refractivity contribution in [2.75, 3.05) is 0 Å². The minimum atomic E-state index is -0.362. The third-order valence-corrected chi connectivity index (χ3v) is 7.99. The minimum Gasteiger partial charge on any atom is -0.456 e. The van der Waals surface area contributed by atoms with Crippen molar-refractivity contribution in [2.45, 2.75) is 6.17 Å². The number of hydrogen-bond donors (Lipinski definition) is 1. The van der Waals surface area contributed by atoms with Crippen LogP contribution in [0.3, 0.4) is 0 Å². The van der Waals surface area contributed by atoms with Crippen LogP contribution in [0.2, 0.25) is 0 Å². The molecule has 0 amide bonds. The number of nitrogens with one attached hydrogen (secondary N) is 1. The Kier molecular flexibility index (Phi) is 5.43. The number of nitrogens with zero attached hydrogens (tertiary/aromatic N) is 4. The summed E-state index contributed by atoms with van der Waals surface area (Å²) in [4.78, 5) is 20.3. The lowest BCUT2D eigenvalue weighted by Crippen LogP contribution is -2.33. The Bertz CT molecular complexity index is 2420. The van der Waals surface area contributed by atoms with E-state index in [1.165, 1.54) is 0 Å². The van der Waals surface area contributed by atoms with E-state index in [-0.39, 0.29) is 6.17 Å². The van der Waals surface area contributed by atoms with Crippen molar-refractivity contribution in [1.29, 1.82) is 0 Å². The lowest BCUT2D eigenvalue weighted by molar-refractivity contribution is 0.653. The van der Waals surface area contributed by atoms with E-state index in [1.807, 2.05) is 103 Å². The van der Waals surface area contributed by atoms with Gasteiger partial charge in [0.25, 0.3) is 0 Å². The summed E-state index contributed by atoms with van der Waals surface area (Å²) in [6.45, 7) is 0. The van der Waals surface area contributed by atoms with E-state index in [4.69, 9.17) is 28.8 Å². The van der Waals surface area contributed by atoms with Gasteiger partial charge in [-0.05, 0) is 35.9 Å². The maximum absolute atomic E-state index is 6.32. The van der Waals surface area contributed by atoms with Gasteiger partial charge in [0.15, 0.2) is 11.7 Å². The van der Waals surface area contributed by atoms with Crippen molar-refractivity contribution in [3.63, 3.8) is 0 Å². The molecule has 0 aliphatic carbocycles. The number of amidine groups is 2. The molecule has 7 heteroatoms. The molecule has 0 saturated carbocycles. The van der Waals surface area contributed by atoms with Crippen LogP contribution in [0.4, 0.5) is 0 Å². The van der Waals surface area contributed by atoms with Crippen LogP contribution < -0.4 is 5.32 Å². The van der Waals surface area contributed by atoms with Gasteiger partial charge in [0.1, 0.15) is 34.4 Å². The number of rotatable bonds is 4. The number of aromatic nitrogens is 2. The highest BCUT2D eigenvalue weighted by Gasteiger charge is 2.26. The van der Waals surface area contributed by atoms with Crippen LogP contribution in [-0.2, 0) is 0 Å². The first kappa shape index (κ1) is 24.5. The van der Waals surface area contributed by atoms with Crippen molar-refractivity contribution >= 4 is 55.7 Å². The third-order valence-electron chi connectivity index (χ3n) is 7.99. The lowest BCUT2D eigenvalue weighted by atomic mass is 10.1. The quantitative estimate of drug-likeness (QED) is 0.230. The van der Waals surface area contributed by atoms with E-state index in [0.29, 0.717) is 23.1 Å². The molecule has 0 bridgehead atoms. The highest BCUT2D eigenvalue weighted by Crippen LogP contribution is 2.35. The fraction of sp³-hybridized carbons (Fsp3) is 0.0270. The maximum Gasteiger partial charge on any atom is 0.231 e. The summed E-state index contributed by atoms with van der Waals surface area (Å²) in [6, 6.07) is 42.2. The number of hydrogen-bond acceptors (Lipinski definition) is 7. The molecule has 44 heavy (non-hydrogen) atoms. The van der Waals surface area contributed by atoms with Crippen LogP contribution in [0.25, 0.3) is 55.4 Å². The molecular formula is C37H23N5O2. The average molecular weight is 570 g/mol. The Hall–Kier alpha value is -6.08. The fourth-order valence-corrected chi connectivity index (χ4v) is 5.88. The summed E-state index contributed by atoms with van der Waals surface area (Å²) < 4.78 is 12.4. The van der Waals surface area contributed by atoms with Crippen LogP contribution >= 0.6 is 0 Å². The number of para-hydroxylation sites is 2. The second-order valence-electron chi connectivity index (χ2n) is 10.7. The molecule has 1 unspecified atom stereocenters. The summed E-state index contributed by atoms with van der Waals surface area (Å²) in [7, 11) is 0. The zero-order valence-corrected chi connectivity index (χ0v) is 23.3. The molecule has 4 heterocycles. The first-order chi connectivity index (χ1) is 21.8.